The minimum Gasteiger partial charge on any atom is -0.304 e. The van der Waals surface area contributed by atoms with E-state index < -0.39 is 0 Å². The van der Waals surface area contributed by atoms with Gasteiger partial charge >= 0.3 is 0 Å². The number of nitrogens with one attached hydrogen (secondary N) is 1. The molecular formula is C15H17ClN2. The molecule has 2 rings (SSSR count). The average Bonchev–Trinajstić information content (AvgIpc) is 2.39. The summed E-state index contributed by atoms with van der Waals surface area (Å²) in [6, 6.07) is 12.5. The van der Waals surface area contributed by atoms with Gasteiger partial charge in [0.1, 0.15) is 0 Å². The Morgan fingerprint density at radius 2 is 1.78 bits per heavy atom. The Morgan fingerprint density at radius 3 is 2.44 bits per heavy atom. The van der Waals surface area contributed by atoms with Crippen LogP contribution in [0, 0.1) is 0 Å². The van der Waals surface area contributed by atoms with Crippen LogP contribution in [-0.4, -0.2) is 4.98 Å². The molecule has 94 valence electrons. The number of rotatable bonds is 4. The highest BCUT2D eigenvalue weighted by Gasteiger charge is 2.11. The summed E-state index contributed by atoms with van der Waals surface area (Å²) in [4.78, 5) is 4.14. The van der Waals surface area contributed by atoms with Crippen molar-refractivity contribution in [1.29, 1.82) is 0 Å². The van der Waals surface area contributed by atoms with Crippen molar-refractivity contribution in [3.63, 3.8) is 0 Å². The minimum atomic E-state index is 0.249. The van der Waals surface area contributed by atoms with Gasteiger partial charge in [-0.15, -0.1) is 0 Å². The van der Waals surface area contributed by atoms with Gasteiger partial charge in [-0.3, -0.25) is 4.98 Å². The standard InChI is InChI=1S/C15H17ClN2/c1-11(13-5-3-7-15(16)9-13)18-12(2)14-6-4-8-17-10-14/h3-12,18H,1-2H3/t11?,12-/m1/s1. The summed E-state index contributed by atoms with van der Waals surface area (Å²) < 4.78 is 0. The van der Waals surface area contributed by atoms with E-state index in [1.54, 1.807) is 6.20 Å². The Balaban J connectivity index is 2.05. The number of hydrogen-bond donors (Lipinski definition) is 1. The maximum atomic E-state index is 6.00. The van der Waals surface area contributed by atoms with Crippen LogP contribution in [0.4, 0.5) is 0 Å². The molecule has 1 heterocycles. The fourth-order valence-corrected chi connectivity index (χ4v) is 2.17. The summed E-state index contributed by atoms with van der Waals surface area (Å²) in [5.74, 6) is 0. The molecule has 0 saturated heterocycles. The summed E-state index contributed by atoms with van der Waals surface area (Å²) in [5, 5.41) is 4.31. The smallest absolute Gasteiger partial charge is 0.0409 e. The Bertz CT molecular complexity index is 499. The van der Waals surface area contributed by atoms with E-state index in [1.165, 1.54) is 11.1 Å². The van der Waals surface area contributed by atoms with Crippen LogP contribution in [0.25, 0.3) is 0 Å². The van der Waals surface area contributed by atoms with Crippen molar-refractivity contribution in [3.05, 3.63) is 64.9 Å². The first-order chi connectivity index (χ1) is 8.66. The van der Waals surface area contributed by atoms with E-state index in [9.17, 15) is 0 Å². The van der Waals surface area contributed by atoms with Crippen LogP contribution in [0.5, 0.6) is 0 Å². The second kappa shape index (κ2) is 5.98. The number of halogens is 1. The molecule has 0 bridgehead atoms. The monoisotopic (exact) mass is 260 g/mol. The third-order valence-electron chi connectivity index (χ3n) is 3.03. The highest BCUT2D eigenvalue weighted by atomic mass is 35.5. The van der Waals surface area contributed by atoms with Crippen molar-refractivity contribution < 1.29 is 0 Å². The normalized spacial score (nSPS) is 14.2. The van der Waals surface area contributed by atoms with Gasteiger partial charge in [-0.1, -0.05) is 29.8 Å². The van der Waals surface area contributed by atoms with Gasteiger partial charge in [0.05, 0.1) is 0 Å². The molecule has 2 aromatic rings. The number of benzene rings is 1. The molecule has 1 aromatic carbocycles. The van der Waals surface area contributed by atoms with E-state index in [-0.39, 0.29) is 12.1 Å². The van der Waals surface area contributed by atoms with Crippen LogP contribution in [0.2, 0.25) is 5.02 Å². The number of pyridine rings is 1. The average molecular weight is 261 g/mol. The second-order valence-electron chi connectivity index (χ2n) is 4.45. The third-order valence-corrected chi connectivity index (χ3v) is 3.27. The molecular weight excluding hydrogens is 244 g/mol. The van der Waals surface area contributed by atoms with Crippen LogP contribution in [0.3, 0.4) is 0 Å². The zero-order valence-corrected chi connectivity index (χ0v) is 11.4. The maximum absolute atomic E-state index is 6.00. The van der Waals surface area contributed by atoms with E-state index >= 15 is 0 Å². The number of nitrogens with zero attached hydrogens (tertiary/aromatic N) is 1. The highest BCUT2D eigenvalue weighted by Crippen LogP contribution is 2.21. The van der Waals surface area contributed by atoms with Crippen molar-refractivity contribution in [1.82, 2.24) is 10.3 Å². The molecule has 1 unspecified atom stereocenters. The second-order valence-corrected chi connectivity index (χ2v) is 4.89. The van der Waals surface area contributed by atoms with Crippen LogP contribution >= 0.6 is 11.6 Å². The van der Waals surface area contributed by atoms with Crippen LogP contribution in [0.1, 0.15) is 37.1 Å². The van der Waals surface area contributed by atoms with Gasteiger partial charge in [0.25, 0.3) is 0 Å². The lowest BCUT2D eigenvalue weighted by Crippen LogP contribution is -2.22. The molecule has 18 heavy (non-hydrogen) atoms. The van der Waals surface area contributed by atoms with Crippen molar-refractivity contribution in [2.75, 3.05) is 0 Å². The quantitative estimate of drug-likeness (QED) is 0.893. The van der Waals surface area contributed by atoms with Gasteiger partial charge < -0.3 is 5.32 Å². The van der Waals surface area contributed by atoms with E-state index in [0.717, 1.165) is 5.02 Å². The molecule has 2 nitrogen and oxygen atoms in total. The molecule has 1 N–H and O–H groups in total. The largest absolute Gasteiger partial charge is 0.304 e. The van der Waals surface area contributed by atoms with E-state index in [1.807, 2.05) is 30.5 Å². The lowest BCUT2D eigenvalue weighted by molar-refractivity contribution is 0.494. The van der Waals surface area contributed by atoms with E-state index in [2.05, 4.69) is 36.3 Å². The third kappa shape index (κ3) is 3.31. The highest BCUT2D eigenvalue weighted by molar-refractivity contribution is 6.30. The van der Waals surface area contributed by atoms with Gasteiger partial charge in [-0.25, -0.2) is 0 Å². The lowest BCUT2D eigenvalue weighted by Gasteiger charge is -2.20. The van der Waals surface area contributed by atoms with Crippen molar-refractivity contribution in [2.24, 2.45) is 0 Å². The molecule has 0 aliphatic heterocycles. The van der Waals surface area contributed by atoms with Crippen LogP contribution < -0.4 is 5.32 Å². The Kier molecular flexibility index (Phi) is 4.34. The topological polar surface area (TPSA) is 24.9 Å². The van der Waals surface area contributed by atoms with E-state index in [0.29, 0.717) is 0 Å². The number of hydrogen-bond acceptors (Lipinski definition) is 2. The van der Waals surface area contributed by atoms with Crippen molar-refractivity contribution in [2.45, 2.75) is 25.9 Å². The molecule has 2 atom stereocenters. The zero-order chi connectivity index (χ0) is 13.0. The predicted molar refractivity (Wildman–Crippen MR) is 75.7 cm³/mol. The molecule has 0 saturated carbocycles. The zero-order valence-electron chi connectivity index (χ0n) is 10.6. The van der Waals surface area contributed by atoms with E-state index in [4.69, 9.17) is 11.6 Å². The maximum Gasteiger partial charge on any atom is 0.0409 e. The Hall–Kier alpha value is -1.38. The van der Waals surface area contributed by atoms with Crippen molar-refractivity contribution >= 4 is 11.6 Å². The molecule has 0 aliphatic carbocycles. The first-order valence-electron chi connectivity index (χ1n) is 6.08. The van der Waals surface area contributed by atoms with Gasteiger partial charge in [0.2, 0.25) is 0 Å². The molecule has 1 aromatic heterocycles. The Labute approximate surface area is 113 Å². The van der Waals surface area contributed by atoms with Crippen LogP contribution in [0.15, 0.2) is 48.8 Å². The summed E-state index contributed by atoms with van der Waals surface area (Å²) in [6.07, 6.45) is 3.68. The van der Waals surface area contributed by atoms with Crippen LogP contribution in [-0.2, 0) is 0 Å². The van der Waals surface area contributed by atoms with Gasteiger partial charge in [-0.2, -0.15) is 0 Å². The summed E-state index contributed by atoms with van der Waals surface area (Å²) in [6.45, 7) is 4.27. The Morgan fingerprint density at radius 1 is 1.06 bits per heavy atom. The molecule has 0 aliphatic rings. The lowest BCUT2D eigenvalue weighted by atomic mass is 10.1. The fourth-order valence-electron chi connectivity index (χ4n) is 1.98. The SMILES string of the molecule is CC(N[C@H](C)c1cccnc1)c1cccc(Cl)c1. The molecule has 0 radical (unpaired) electrons. The summed E-state index contributed by atoms with van der Waals surface area (Å²) >= 11 is 6.00. The fraction of sp³-hybridized carbons (Fsp3) is 0.267. The summed E-state index contributed by atoms with van der Waals surface area (Å²) in [5.41, 5.74) is 2.38. The molecule has 0 fully saturated rings. The molecule has 0 spiro atoms. The molecule has 0 amide bonds. The number of aromatic nitrogens is 1. The predicted octanol–water partition coefficient (Wildman–Crippen LogP) is 4.15. The van der Waals surface area contributed by atoms with Gasteiger partial charge in [0, 0.05) is 29.5 Å². The van der Waals surface area contributed by atoms with Crippen molar-refractivity contribution in [3.8, 4) is 0 Å². The first kappa shape index (κ1) is 13.1. The molecule has 3 heteroatoms. The van der Waals surface area contributed by atoms with Gasteiger partial charge in [-0.05, 0) is 43.2 Å². The van der Waals surface area contributed by atoms with Gasteiger partial charge in [0.15, 0.2) is 0 Å². The minimum absolute atomic E-state index is 0.249. The summed E-state index contributed by atoms with van der Waals surface area (Å²) in [7, 11) is 0. The first-order valence-corrected chi connectivity index (χ1v) is 6.46.